The van der Waals surface area contributed by atoms with Crippen molar-refractivity contribution in [2.24, 2.45) is 11.7 Å². The summed E-state index contributed by atoms with van der Waals surface area (Å²) in [5.41, 5.74) is 5.00. The van der Waals surface area contributed by atoms with Crippen LogP contribution in [0.15, 0.2) is 0 Å². The summed E-state index contributed by atoms with van der Waals surface area (Å²) in [6.45, 7) is 4.80. The Hall–Kier alpha value is -0.120. The molecule has 14 heavy (non-hydrogen) atoms. The third-order valence-corrected chi connectivity index (χ3v) is 3.97. The lowest BCUT2D eigenvalue weighted by molar-refractivity contribution is -0.0400. The highest BCUT2D eigenvalue weighted by Gasteiger charge is 2.37. The molecule has 0 bridgehead atoms. The summed E-state index contributed by atoms with van der Waals surface area (Å²) in [5.74, 6) is 0.912. The molecule has 1 saturated heterocycles. The molecular weight excluding hydrogens is 176 g/mol. The monoisotopic (exact) mass is 198 g/mol. The predicted molar refractivity (Wildman–Crippen MR) is 57.0 cm³/mol. The van der Waals surface area contributed by atoms with Crippen molar-refractivity contribution in [2.45, 2.75) is 44.2 Å². The summed E-state index contributed by atoms with van der Waals surface area (Å²) in [5, 5.41) is 9.97. The van der Waals surface area contributed by atoms with Gasteiger partial charge in [-0.3, -0.25) is 0 Å². The van der Waals surface area contributed by atoms with Gasteiger partial charge >= 0.3 is 0 Å². The fourth-order valence-electron chi connectivity index (χ4n) is 2.67. The second kappa shape index (κ2) is 3.80. The molecule has 0 amide bonds. The summed E-state index contributed by atoms with van der Waals surface area (Å²) >= 11 is 0. The topological polar surface area (TPSA) is 49.5 Å². The van der Waals surface area contributed by atoms with Crippen LogP contribution in [-0.2, 0) is 0 Å². The van der Waals surface area contributed by atoms with Gasteiger partial charge < -0.3 is 15.7 Å². The molecule has 1 saturated carbocycles. The first kappa shape index (κ1) is 10.4. The molecule has 2 rings (SSSR count). The molecule has 2 fully saturated rings. The van der Waals surface area contributed by atoms with Gasteiger partial charge in [-0.05, 0) is 31.6 Å². The lowest BCUT2D eigenvalue weighted by atomic mass is 9.79. The van der Waals surface area contributed by atoms with E-state index >= 15 is 0 Å². The van der Waals surface area contributed by atoms with Crippen LogP contribution in [0.3, 0.4) is 0 Å². The number of hydrogen-bond donors (Lipinski definition) is 2. The maximum absolute atomic E-state index is 9.97. The van der Waals surface area contributed by atoms with Gasteiger partial charge in [0.15, 0.2) is 0 Å². The summed E-state index contributed by atoms with van der Waals surface area (Å²) in [6.07, 6.45) is 4.41. The van der Waals surface area contributed by atoms with Gasteiger partial charge in [0.25, 0.3) is 0 Å². The molecule has 0 radical (unpaired) electrons. The molecule has 0 atom stereocenters. The average Bonchev–Trinajstić information content (AvgIpc) is 2.15. The zero-order valence-corrected chi connectivity index (χ0v) is 9.08. The summed E-state index contributed by atoms with van der Waals surface area (Å²) in [4.78, 5) is 2.53. The van der Waals surface area contributed by atoms with E-state index < -0.39 is 5.60 Å². The van der Waals surface area contributed by atoms with Crippen LogP contribution >= 0.6 is 0 Å². The maximum Gasteiger partial charge on any atom is 0.0793 e. The molecular formula is C11H22N2O. The molecule has 3 heteroatoms. The Morgan fingerprint density at radius 3 is 2.36 bits per heavy atom. The smallest absolute Gasteiger partial charge is 0.0793 e. The standard InChI is InChI=1S/C11H22N2O/c1-9-6-10(7-9)13-4-2-11(14,8-12)3-5-13/h9-10,14H,2-8,12H2,1H3. The van der Waals surface area contributed by atoms with Crippen LogP contribution in [0.1, 0.15) is 32.6 Å². The van der Waals surface area contributed by atoms with Crippen LogP contribution in [0.4, 0.5) is 0 Å². The quantitative estimate of drug-likeness (QED) is 0.682. The van der Waals surface area contributed by atoms with E-state index in [1.54, 1.807) is 0 Å². The SMILES string of the molecule is CC1CC(N2CCC(O)(CN)CC2)C1. The Labute approximate surface area is 86.3 Å². The van der Waals surface area contributed by atoms with Crippen molar-refractivity contribution in [1.82, 2.24) is 4.90 Å². The first-order valence-corrected chi connectivity index (χ1v) is 5.79. The third kappa shape index (κ3) is 1.95. The van der Waals surface area contributed by atoms with Crippen LogP contribution in [0.25, 0.3) is 0 Å². The highest BCUT2D eigenvalue weighted by Crippen LogP contribution is 2.34. The minimum absolute atomic E-state index is 0.419. The van der Waals surface area contributed by atoms with Crippen molar-refractivity contribution in [1.29, 1.82) is 0 Å². The van der Waals surface area contributed by atoms with E-state index in [2.05, 4.69) is 11.8 Å². The number of nitrogens with two attached hydrogens (primary N) is 1. The van der Waals surface area contributed by atoms with Gasteiger partial charge in [-0.15, -0.1) is 0 Å². The molecule has 0 unspecified atom stereocenters. The Kier molecular flexibility index (Phi) is 2.82. The summed E-state index contributed by atoms with van der Waals surface area (Å²) < 4.78 is 0. The Morgan fingerprint density at radius 1 is 1.36 bits per heavy atom. The molecule has 1 heterocycles. The van der Waals surface area contributed by atoms with Gasteiger partial charge in [0.1, 0.15) is 0 Å². The van der Waals surface area contributed by atoms with Crippen LogP contribution in [-0.4, -0.2) is 41.3 Å². The van der Waals surface area contributed by atoms with E-state index in [4.69, 9.17) is 5.73 Å². The first-order valence-electron chi connectivity index (χ1n) is 5.79. The van der Waals surface area contributed by atoms with Crippen LogP contribution < -0.4 is 5.73 Å². The van der Waals surface area contributed by atoms with Crippen molar-refractivity contribution in [3.63, 3.8) is 0 Å². The zero-order valence-electron chi connectivity index (χ0n) is 9.08. The largest absolute Gasteiger partial charge is 0.388 e. The van der Waals surface area contributed by atoms with Crippen molar-refractivity contribution < 1.29 is 5.11 Å². The lowest BCUT2D eigenvalue weighted by Crippen LogP contribution is -2.54. The van der Waals surface area contributed by atoms with E-state index in [0.717, 1.165) is 37.9 Å². The van der Waals surface area contributed by atoms with Gasteiger partial charge in [-0.1, -0.05) is 6.92 Å². The second-order valence-electron chi connectivity index (χ2n) is 5.19. The molecule has 3 nitrogen and oxygen atoms in total. The van der Waals surface area contributed by atoms with E-state index in [9.17, 15) is 5.11 Å². The molecule has 0 spiro atoms. The van der Waals surface area contributed by atoms with Gasteiger partial charge in [-0.2, -0.15) is 0 Å². The van der Waals surface area contributed by atoms with E-state index in [0.29, 0.717) is 6.54 Å². The fourth-order valence-corrected chi connectivity index (χ4v) is 2.67. The van der Waals surface area contributed by atoms with Crippen molar-refractivity contribution in [3.05, 3.63) is 0 Å². The molecule has 1 aliphatic carbocycles. The van der Waals surface area contributed by atoms with Crippen molar-refractivity contribution in [3.8, 4) is 0 Å². The molecule has 2 aliphatic rings. The van der Waals surface area contributed by atoms with Gasteiger partial charge in [-0.25, -0.2) is 0 Å². The normalized spacial score (nSPS) is 37.9. The lowest BCUT2D eigenvalue weighted by Gasteiger charge is -2.46. The van der Waals surface area contributed by atoms with E-state index in [1.165, 1.54) is 12.8 Å². The summed E-state index contributed by atoms with van der Waals surface area (Å²) in [6, 6.07) is 0.798. The molecule has 1 aliphatic heterocycles. The number of piperidine rings is 1. The number of likely N-dealkylation sites (tertiary alicyclic amines) is 1. The number of aliphatic hydroxyl groups is 1. The third-order valence-electron chi connectivity index (χ3n) is 3.97. The zero-order chi connectivity index (χ0) is 10.2. The predicted octanol–water partition coefficient (Wildman–Crippen LogP) is 0.570. The van der Waals surface area contributed by atoms with Crippen LogP contribution in [0.2, 0.25) is 0 Å². The Bertz CT molecular complexity index is 193. The summed E-state index contributed by atoms with van der Waals surface area (Å²) in [7, 11) is 0. The molecule has 0 aromatic heterocycles. The van der Waals surface area contributed by atoms with Gasteiger partial charge in [0, 0.05) is 25.7 Å². The van der Waals surface area contributed by atoms with Crippen molar-refractivity contribution in [2.75, 3.05) is 19.6 Å². The van der Waals surface area contributed by atoms with Gasteiger partial charge in [0.05, 0.1) is 5.60 Å². The van der Waals surface area contributed by atoms with Crippen molar-refractivity contribution >= 4 is 0 Å². The van der Waals surface area contributed by atoms with Gasteiger partial charge in [0.2, 0.25) is 0 Å². The Balaban J connectivity index is 1.79. The molecule has 82 valence electrons. The van der Waals surface area contributed by atoms with E-state index in [-0.39, 0.29) is 0 Å². The second-order valence-corrected chi connectivity index (χ2v) is 5.19. The first-order chi connectivity index (χ1) is 6.63. The molecule has 0 aromatic carbocycles. The molecule has 0 aromatic rings. The minimum Gasteiger partial charge on any atom is -0.388 e. The average molecular weight is 198 g/mol. The number of nitrogens with zero attached hydrogens (tertiary/aromatic N) is 1. The van der Waals surface area contributed by atoms with E-state index in [1.807, 2.05) is 0 Å². The maximum atomic E-state index is 9.97. The van der Waals surface area contributed by atoms with Crippen LogP contribution in [0.5, 0.6) is 0 Å². The minimum atomic E-state index is -0.564. The Morgan fingerprint density at radius 2 is 1.93 bits per heavy atom. The highest BCUT2D eigenvalue weighted by atomic mass is 16.3. The number of hydrogen-bond acceptors (Lipinski definition) is 3. The highest BCUT2D eigenvalue weighted by molar-refractivity contribution is 4.92. The molecule has 3 N–H and O–H groups in total. The number of rotatable bonds is 2. The van der Waals surface area contributed by atoms with Crippen LogP contribution in [0, 0.1) is 5.92 Å². The fraction of sp³-hybridized carbons (Fsp3) is 1.00.